The third-order valence-corrected chi connectivity index (χ3v) is 3.06. The van der Waals surface area contributed by atoms with Crippen molar-refractivity contribution < 1.29 is 0 Å². The number of nitrogens with one attached hydrogen (secondary N) is 1. The Labute approximate surface area is 92.3 Å². The molecule has 0 fully saturated rings. The van der Waals surface area contributed by atoms with Crippen LogP contribution in [-0.2, 0) is 6.42 Å². The van der Waals surface area contributed by atoms with Crippen molar-refractivity contribution >= 4 is 5.69 Å². The summed E-state index contributed by atoms with van der Waals surface area (Å²) < 4.78 is 0. The minimum absolute atomic E-state index is 0.655. The normalized spacial score (nSPS) is 19.8. The summed E-state index contributed by atoms with van der Waals surface area (Å²) in [6.07, 6.45) is 3.73. The van der Waals surface area contributed by atoms with Crippen LogP contribution >= 0.6 is 0 Å². The summed E-state index contributed by atoms with van der Waals surface area (Å²) in [6, 6.07) is 9.31. The fraction of sp³-hybridized carbons (Fsp3) is 0.538. The summed E-state index contributed by atoms with van der Waals surface area (Å²) in [4.78, 5) is 2.25. The predicted octanol–water partition coefficient (Wildman–Crippen LogP) is 2.37. The van der Waals surface area contributed by atoms with Crippen LogP contribution in [0.25, 0.3) is 0 Å². The molecule has 0 radical (unpaired) electrons. The van der Waals surface area contributed by atoms with Crippen LogP contribution in [0.1, 0.15) is 18.4 Å². The van der Waals surface area contributed by atoms with Crippen LogP contribution in [0, 0.1) is 0 Å². The summed E-state index contributed by atoms with van der Waals surface area (Å²) >= 11 is 0. The second-order valence-electron chi connectivity index (χ2n) is 4.63. The Morgan fingerprint density at radius 1 is 1.33 bits per heavy atom. The van der Waals surface area contributed by atoms with E-state index in [1.807, 2.05) is 0 Å². The zero-order valence-corrected chi connectivity index (χ0v) is 9.66. The second kappa shape index (κ2) is 4.67. The quantitative estimate of drug-likeness (QED) is 0.813. The molecule has 1 atom stereocenters. The highest BCUT2D eigenvalue weighted by Gasteiger charge is 2.16. The molecule has 2 nitrogen and oxygen atoms in total. The van der Waals surface area contributed by atoms with Gasteiger partial charge in [0.1, 0.15) is 0 Å². The minimum atomic E-state index is 0.655. The molecule has 0 saturated heterocycles. The molecule has 0 saturated carbocycles. The van der Waals surface area contributed by atoms with Crippen LogP contribution in [0.5, 0.6) is 0 Å². The third kappa shape index (κ3) is 2.72. The van der Waals surface area contributed by atoms with Crippen LogP contribution in [0.15, 0.2) is 24.3 Å². The lowest BCUT2D eigenvalue weighted by Gasteiger charge is -2.27. The Kier molecular flexibility index (Phi) is 3.27. The van der Waals surface area contributed by atoms with Gasteiger partial charge in [-0.1, -0.05) is 18.2 Å². The first kappa shape index (κ1) is 10.5. The van der Waals surface area contributed by atoms with E-state index in [0.29, 0.717) is 6.04 Å². The summed E-state index contributed by atoms with van der Waals surface area (Å²) in [5.74, 6) is 0. The van der Waals surface area contributed by atoms with E-state index < -0.39 is 0 Å². The summed E-state index contributed by atoms with van der Waals surface area (Å²) in [5, 5.41) is 3.63. The maximum atomic E-state index is 3.63. The van der Waals surface area contributed by atoms with Crippen molar-refractivity contribution in [2.75, 3.05) is 26.0 Å². The van der Waals surface area contributed by atoms with E-state index in [4.69, 9.17) is 0 Å². The van der Waals surface area contributed by atoms with Gasteiger partial charge in [-0.25, -0.2) is 0 Å². The fourth-order valence-electron chi connectivity index (χ4n) is 2.13. The van der Waals surface area contributed by atoms with Crippen molar-refractivity contribution in [3.05, 3.63) is 29.8 Å². The molecule has 1 aromatic carbocycles. The lowest BCUT2D eigenvalue weighted by Crippen LogP contribution is -2.29. The molecule has 82 valence electrons. The largest absolute Gasteiger partial charge is 0.382 e. The topological polar surface area (TPSA) is 15.3 Å². The summed E-state index contributed by atoms with van der Waals surface area (Å²) in [6.45, 7) is 1.17. The fourth-order valence-corrected chi connectivity index (χ4v) is 2.13. The number of anilines is 1. The van der Waals surface area contributed by atoms with Crippen molar-refractivity contribution in [2.45, 2.75) is 25.3 Å². The zero-order chi connectivity index (χ0) is 10.7. The molecule has 1 heterocycles. The van der Waals surface area contributed by atoms with Gasteiger partial charge in [-0.3, -0.25) is 0 Å². The molecule has 0 unspecified atom stereocenters. The van der Waals surface area contributed by atoms with Crippen molar-refractivity contribution in [3.8, 4) is 0 Å². The van der Waals surface area contributed by atoms with Gasteiger partial charge in [0, 0.05) is 11.7 Å². The summed E-state index contributed by atoms with van der Waals surface area (Å²) in [5.41, 5.74) is 2.81. The number of fused-ring (bicyclic) bond motifs is 1. The molecule has 2 rings (SSSR count). The lowest BCUT2D eigenvalue weighted by atomic mass is 9.96. The van der Waals surface area contributed by atoms with Gasteiger partial charge in [0.25, 0.3) is 0 Å². The van der Waals surface area contributed by atoms with Crippen molar-refractivity contribution in [1.82, 2.24) is 4.90 Å². The minimum Gasteiger partial charge on any atom is -0.382 e. The van der Waals surface area contributed by atoms with Crippen molar-refractivity contribution in [1.29, 1.82) is 0 Å². The van der Waals surface area contributed by atoms with Gasteiger partial charge < -0.3 is 10.2 Å². The van der Waals surface area contributed by atoms with Crippen molar-refractivity contribution in [2.24, 2.45) is 0 Å². The SMILES string of the molecule is CN(C)CC[C@H]1CCc2ccccc2N1. The molecule has 1 aromatic rings. The Balaban J connectivity index is 1.94. The first-order valence-electron chi connectivity index (χ1n) is 5.75. The van der Waals surface area contributed by atoms with Crippen LogP contribution in [0.2, 0.25) is 0 Å². The third-order valence-electron chi connectivity index (χ3n) is 3.06. The number of hydrogen-bond donors (Lipinski definition) is 1. The van der Waals surface area contributed by atoms with Gasteiger partial charge in [0.15, 0.2) is 0 Å². The van der Waals surface area contributed by atoms with Gasteiger partial charge in [-0.2, -0.15) is 0 Å². The number of nitrogens with zero attached hydrogens (tertiary/aromatic N) is 1. The maximum Gasteiger partial charge on any atom is 0.0374 e. The standard InChI is InChI=1S/C13H20N2/c1-15(2)10-9-12-8-7-11-5-3-4-6-13(11)14-12/h3-6,12,14H,7-10H2,1-2H3/t12-/m1/s1. The smallest absolute Gasteiger partial charge is 0.0374 e. The monoisotopic (exact) mass is 204 g/mol. The molecule has 0 bridgehead atoms. The molecule has 15 heavy (non-hydrogen) atoms. The number of benzene rings is 1. The van der Waals surface area contributed by atoms with E-state index in [1.165, 1.54) is 37.1 Å². The molecule has 0 aliphatic carbocycles. The highest BCUT2D eigenvalue weighted by Crippen LogP contribution is 2.25. The molecule has 0 amide bonds. The maximum absolute atomic E-state index is 3.63. The second-order valence-corrected chi connectivity index (χ2v) is 4.63. The molecular formula is C13H20N2. The average molecular weight is 204 g/mol. The molecule has 1 aliphatic heterocycles. The molecule has 0 spiro atoms. The molecule has 1 N–H and O–H groups in total. The van der Waals surface area contributed by atoms with Crippen LogP contribution < -0.4 is 5.32 Å². The van der Waals surface area contributed by atoms with E-state index in [9.17, 15) is 0 Å². The van der Waals surface area contributed by atoms with E-state index in [1.54, 1.807) is 0 Å². The van der Waals surface area contributed by atoms with Gasteiger partial charge in [0.2, 0.25) is 0 Å². The number of para-hydroxylation sites is 1. The van der Waals surface area contributed by atoms with E-state index in [2.05, 4.69) is 48.6 Å². The number of rotatable bonds is 3. The van der Waals surface area contributed by atoms with Crippen molar-refractivity contribution in [3.63, 3.8) is 0 Å². The van der Waals surface area contributed by atoms with E-state index in [0.717, 1.165) is 0 Å². The number of aryl methyl sites for hydroxylation is 1. The Hall–Kier alpha value is -1.02. The Morgan fingerprint density at radius 2 is 2.13 bits per heavy atom. The predicted molar refractivity (Wildman–Crippen MR) is 65.3 cm³/mol. The van der Waals surface area contributed by atoms with Crippen LogP contribution in [-0.4, -0.2) is 31.6 Å². The molecule has 0 aromatic heterocycles. The molecular weight excluding hydrogens is 184 g/mol. The van der Waals surface area contributed by atoms with E-state index >= 15 is 0 Å². The van der Waals surface area contributed by atoms with Gasteiger partial charge in [-0.15, -0.1) is 0 Å². The number of hydrogen-bond acceptors (Lipinski definition) is 2. The first-order valence-corrected chi connectivity index (χ1v) is 5.75. The van der Waals surface area contributed by atoms with E-state index in [-0.39, 0.29) is 0 Å². The first-order chi connectivity index (χ1) is 7.25. The average Bonchev–Trinajstić information content (AvgIpc) is 2.26. The highest BCUT2D eigenvalue weighted by molar-refractivity contribution is 5.53. The van der Waals surface area contributed by atoms with Gasteiger partial charge >= 0.3 is 0 Å². The Morgan fingerprint density at radius 3 is 2.93 bits per heavy atom. The highest BCUT2D eigenvalue weighted by atomic mass is 15.1. The summed E-state index contributed by atoms with van der Waals surface area (Å²) in [7, 11) is 4.27. The van der Waals surface area contributed by atoms with Crippen LogP contribution in [0.3, 0.4) is 0 Å². The van der Waals surface area contributed by atoms with Crippen LogP contribution in [0.4, 0.5) is 5.69 Å². The molecule has 2 heteroatoms. The molecule has 1 aliphatic rings. The Bertz CT molecular complexity index is 320. The van der Waals surface area contributed by atoms with Gasteiger partial charge in [-0.05, 0) is 51.5 Å². The van der Waals surface area contributed by atoms with Gasteiger partial charge in [0.05, 0.1) is 0 Å². The zero-order valence-electron chi connectivity index (χ0n) is 9.66. The lowest BCUT2D eigenvalue weighted by molar-refractivity contribution is 0.379.